The van der Waals surface area contributed by atoms with Gasteiger partial charge in [0.1, 0.15) is 12.1 Å². The molecule has 1 aromatic rings. The van der Waals surface area contributed by atoms with E-state index >= 15 is 0 Å². The van der Waals surface area contributed by atoms with Crippen LogP contribution in [0.5, 0.6) is 0 Å². The van der Waals surface area contributed by atoms with E-state index in [1.165, 1.54) is 0 Å². The van der Waals surface area contributed by atoms with Crippen LogP contribution in [0.2, 0.25) is 0 Å². The highest BCUT2D eigenvalue weighted by Gasteiger charge is 2.21. The van der Waals surface area contributed by atoms with Gasteiger partial charge in [-0.2, -0.15) is 0 Å². The number of aliphatic hydroxyl groups excluding tert-OH is 1. The zero-order chi connectivity index (χ0) is 12.0. The molecule has 0 saturated carbocycles. The third-order valence-corrected chi connectivity index (χ3v) is 2.96. The van der Waals surface area contributed by atoms with Crippen LogP contribution in [0.15, 0.2) is 12.4 Å². The minimum absolute atomic E-state index is 0.103. The lowest BCUT2D eigenvalue weighted by atomic mass is 9.95. The summed E-state index contributed by atoms with van der Waals surface area (Å²) in [5.74, 6) is 0.838. The topological polar surface area (TPSA) is 58.0 Å². The summed E-state index contributed by atoms with van der Waals surface area (Å²) in [7, 11) is 0. The van der Waals surface area contributed by atoms with Gasteiger partial charge in [-0.1, -0.05) is 13.8 Å². The van der Waals surface area contributed by atoms with E-state index in [0.717, 1.165) is 30.8 Å². The van der Waals surface area contributed by atoms with Gasteiger partial charge in [0.2, 0.25) is 0 Å². The van der Waals surface area contributed by atoms with E-state index in [0.29, 0.717) is 0 Å². The number of nitrogens with one attached hydrogen (secondary N) is 1. The van der Waals surface area contributed by atoms with Crippen LogP contribution >= 0.6 is 0 Å². The molecule has 1 atom stereocenters. The molecule has 90 valence electrons. The van der Waals surface area contributed by atoms with Gasteiger partial charge in [0.15, 0.2) is 0 Å². The third-order valence-electron chi connectivity index (χ3n) is 2.96. The van der Waals surface area contributed by atoms with Crippen molar-refractivity contribution in [1.82, 2.24) is 9.97 Å². The smallest absolute Gasteiger partial charge is 0.130 e. The molecule has 0 fully saturated rings. The van der Waals surface area contributed by atoms with Crippen molar-refractivity contribution in [2.24, 2.45) is 0 Å². The first-order valence-electron chi connectivity index (χ1n) is 5.83. The number of nitrogens with zero attached hydrogens (tertiary/aromatic N) is 2. The normalized spacial score (nSPS) is 14.5. The highest BCUT2D eigenvalue weighted by molar-refractivity contribution is 5.37. The van der Waals surface area contributed by atoms with Crippen molar-refractivity contribution in [3.8, 4) is 0 Å². The van der Waals surface area contributed by atoms with Crippen molar-refractivity contribution in [2.45, 2.75) is 45.6 Å². The Kier molecular flexibility index (Phi) is 4.68. The maximum atomic E-state index is 9.04. The van der Waals surface area contributed by atoms with Crippen molar-refractivity contribution in [1.29, 1.82) is 0 Å². The maximum Gasteiger partial charge on any atom is 0.130 e. The summed E-state index contributed by atoms with van der Waals surface area (Å²) in [6.45, 7) is 6.45. The fraction of sp³-hybridized carbons (Fsp3) is 0.667. The minimum atomic E-state index is -0.103. The molecule has 0 aromatic carbocycles. The molecule has 0 amide bonds. The standard InChI is InChI=1S/C12H21N3O/c1-4-10-8-11(14-9-13-10)15-12(3,5-2)6-7-16/h8-9,16H,4-7H2,1-3H3,(H,13,14,15). The second-order valence-electron chi connectivity index (χ2n) is 4.26. The predicted octanol–water partition coefficient (Wildman–Crippen LogP) is 2.00. The number of aromatic nitrogens is 2. The van der Waals surface area contributed by atoms with E-state index < -0.39 is 0 Å². The van der Waals surface area contributed by atoms with E-state index in [2.05, 4.69) is 36.1 Å². The highest BCUT2D eigenvalue weighted by Crippen LogP contribution is 2.20. The molecule has 0 aliphatic carbocycles. The first-order valence-corrected chi connectivity index (χ1v) is 5.83. The molecule has 2 N–H and O–H groups in total. The summed E-state index contributed by atoms with van der Waals surface area (Å²) in [5, 5.41) is 12.4. The van der Waals surface area contributed by atoms with Gasteiger partial charge in [0, 0.05) is 23.9 Å². The molecule has 4 nitrogen and oxygen atoms in total. The second kappa shape index (κ2) is 5.80. The summed E-state index contributed by atoms with van der Waals surface area (Å²) in [6, 6.07) is 1.96. The zero-order valence-corrected chi connectivity index (χ0v) is 10.3. The van der Waals surface area contributed by atoms with E-state index in [4.69, 9.17) is 5.11 Å². The molecule has 1 aromatic heterocycles. The van der Waals surface area contributed by atoms with Crippen LogP contribution in [0.25, 0.3) is 0 Å². The van der Waals surface area contributed by atoms with Gasteiger partial charge in [0.25, 0.3) is 0 Å². The molecule has 0 saturated heterocycles. The van der Waals surface area contributed by atoms with Gasteiger partial charge < -0.3 is 10.4 Å². The quantitative estimate of drug-likeness (QED) is 0.774. The number of anilines is 1. The average Bonchev–Trinajstić information content (AvgIpc) is 2.29. The Balaban J connectivity index is 2.77. The summed E-state index contributed by atoms with van der Waals surface area (Å²) in [4.78, 5) is 8.36. The lowest BCUT2D eigenvalue weighted by Gasteiger charge is -2.29. The summed E-state index contributed by atoms with van der Waals surface area (Å²) in [6.07, 6.45) is 4.14. The number of aryl methyl sites for hydroxylation is 1. The molecule has 1 rings (SSSR count). The fourth-order valence-electron chi connectivity index (χ4n) is 1.54. The highest BCUT2D eigenvalue weighted by atomic mass is 16.3. The van der Waals surface area contributed by atoms with Crippen LogP contribution in [0.1, 0.15) is 39.3 Å². The minimum Gasteiger partial charge on any atom is -0.396 e. The Morgan fingerprint density at radius 3 is 2.69 bits per heavy atom. The molecule has 16 heavy (non-hydrogen) atoms. The number of aliphatic hydroxyl groups is 1. The number of hydrogen-bond donors (Lipinski definition) is 2. The van der Waals surface area contributed by atoms with Gasteiger partial charge in [-0.05, 0) is 26.2 Å². The third kappa shape index (κ3) is 3.45. The van der Waals surface area contributed by atoms with Crippen LogP contribution in [0.4, 0.5) is 5.82 Å². The Morgan fingerprint density at radius 1 is 1.38 bits per heavy atom. The molecule has 4 heteroatoms. The fourth-order valence-corrected chi connectivity index (χ4v) is 1.54. The number of rotatable bonds is 6. The molecule has 0 aliphatic rings. The monoisotopic (exact) mass is 223 g/mol. The van der Waals surface area contributed by atoms with Gasteiger partial charge in [-0.15, -0.1) is 0 Å². The van der Waals surface area contributed by atoms with Crippen LogP contribution in [0, 0.1) is 0 Å². The van der Waals surface area contributed by atoms with Crippen LogP contribution in [-0.2, 0) is 6.42 Å². The van der Waals surface area contributed by atoms with Crippen LogP contribution < -0.4 is 5.32 Å². The Labute approximate surface area is 97.1 Å². The Morgan fingerprint density at radius 2 is 2.12 bits per heavy atom. The molecule has 0 bridgehead atoms. The van der Waals surface area contributed by atoms with E-state index in [9.17, 15) is 0 Å². The first-order chi connectivity index (χ1) is 7.63. The average molecular weight is 223 g/mol. The van der Waals surface area contributed by atoms with Crippen molar-refractivity contribution < 1.29 is 5.11 Å². The molecular formula is C12H21N3O. The van der Waals surface area contributed by atoms with Gasteiger partial charge in [-0.3, -0.25) is 0 Å². The Hall–Kier alpha value is -1.16. The molecule has 1 unspecified atom stereocenters. The largest absolute Gasteiger partial charge is 0.396 e. The van der Waals surface area contributed by atoms with Crippen molar-refractivity contribution in [2.75, 3.05) is 11.9 Å². The summed E-state index contributed by atoms with van der Waals surface area (Å²) < 4.78 is 0. The summed E-state index contributed by atoms with van der Waals surface area (Å²) >= 11 is 0. The lowest BCUT2D eigenvalue weighted by Crippen LogP contribution is -2.35. The molecule has 0 aliphatic heterocycles. The number of hydrogen-bond acceptors (Lipinski definition) is 4. The van der Waals surface area contributed by atoms with E-state index in [1.807, 2.05) is 6.07 Å². The zero-order valence-electron chi connectivity index (χ0n) is 10.3. The van der Waals surface area contributed by atoms with Crippen molar-refractivity contribution in [3.05, 3.63) is 18.1 Å². The first kappa shape index (κ1) is 12.9. The maximum absolute atomic E-state index is 9.04. The van der Waals surface area contributed by atoms with Gasteiger partial charge in [-0.25, -0.2) is 9.97 Å². The van der Waals surface area contributed by atoms with Crippen molar-refractivity contribution >= 4 is 5.82 Å². The molecule has 0 spiro atoms. The Bertz CT molecular complexity index is 330. The second-order valence-corrected chi connectivity index (χ2v) is 4.26. The SMILES string of the molecule is CCc1cc(NC(C)(CC)CCO)ncn1. The van der Waals surface area contributed by atoms with E-state index in [1.54, 1.807) is 6.33 Å². The van der Waals surface area contributed by atoms with Crippen LogP contribution in [0.3, 0.4) is 0 Å². The molecule has 0 radical (unpaired) electrons. The van der Waals surface area contributed by atoms with E-state index in [-0.39, 0.29) is 12.1 Å². The molecular weight excluding hydrogens is 202 g/mol. The predicted molar refractivity (Wildman–Crippen MR) is 65.4 cm³/mol. The van der Waals surface area contributed by atoms with Gasteiger partial charge >= 0.3 is 0 Å². The summed E-state index contributed by atoms with van der Waals surface area (Å²) in [5.41, 5.74) is 0.925. The van der Waals surface area contributed by atoms with Gasteiger partial charge in [0.05, 0.1) is 0 Å². The van der Waals surface area contributed by atoms with Crippen molar-refractivity contribution in [3.63, 3.8) is 0 Å². The lowest BCUT2D eigenvalue weighted by molar-refractivity contribution is 0.252. The van der Waals surface area contributed by atoms with Crippen LogP contribution in [-0.4, -0.2) is 27.2 Å². The molecule has 1 heterocycles.